The molecule has 0 N–H and O–H groups in total. The number of rotatable bonds is 1. The van der Waals surface area contributed by atoms with Crippen molar-refractivity contribution in [3.63, 3.8) is 0 Å². The molecule has 2 aliphatic rings. The lowest BCUT2D eigenvalue weighted by Gasteiger charge is -2.46. The molecule has 1 saturated carbocycles. The molecule has 3 rings (SSSR count). The van der Waals surface area contributed by atoms with Gasteiger partial charge in [-0.15, -0.1) is 11.8 Å². The number of thioether (sulfide) groups is 1. The Labute approximate surface area is 151 Å². The highest BCUT2D eigenvalue weighted by Crippen LogP contribution is 2.54. The highest BCUT2D eigenvalue weighted by atomic mass is 32.2. The largest absolute Gasteiger partial charge is 0.296 e. The number of benzene rings is 1. The lowest BCUT2D eigenvalue weighted by atomic mass is 9.71. The summed E-state index contributed by atoms with van der Waals surface area (Å²) in [6.07, 6.45) is 4.67. The van der Waals surface area contributed by atoms with Gasteiger partial charge in [-0.3, -0.25) is 9.69 Å². The van der Waals surface area contributed by atoms with E-state index >= 15 is 0 Å². The molecule has 1 aromatic carbocycles. The van der Waals surface area contributed by atoms with Gasteiger partial charge in [0.15, 0.2) is 0 Å². The summed E-state index contributed by atoms with van der Waals surface area (Å²) in [5, 5.41) is 0.0667. The Bertz CT molecular complexity index is 617. The van der Waals surface area contributed by atoms with Gasteiger partial charge in [-0.25, -0.2) is 0 Å². The maximum Gasteiger partial charge on any atom is 0.241 e. The third-order valence-electron chi connectivity index (χ3n) is 5.83. The van der Waals surface area contributed by atoms with Crippen LogP contribution in [0.15, 0.2) is 18.2 Å². The Morgan fingerprint density at radius 1 is 1.08 bits per heavy atom. The summed E-state index contributed by atoms with van der Waals surface area (Å²) >= 11 is 1.90. The van der Waals surface area contributed by atoms with Crippen molar-refractivity contribution in [1.29, 1.82) is 0 Å². The van der Waals surface area contributed by atoms with Crippen LogP contribution in [0.2, 0.25) is 0 Å². The summed E-state index contributed by atoms with van der Waals surface area (Å²) in [5.41, 5.74) is 3.94. The minimum atomic E-state index is -0.0293. The number of anilines is 1. The van der Waals surface area contributed by atoms with Gasteiger partial charge in [0, 0.05) is 5.69 Å². The highest BCUT2D eigenvalue weighted by molar-refractivity contribution is 8.02. The molecular weight excluding hydrogens is 314 g/mol. The number of carbonyl (C=O) groups excluding carboxylic acids is 1. The number of carbonyl (C=O) groups is 1. The zero-order chi connectivity index (χ0) is 17.7. The monoisotopic (exact) mass is 345 g/mol. The van der Waals surface area contributed by atoms with Crippen LogP contribution in [0, 0.1) is 25.2 Å². The molecule has 1 amide bonds. The van der Waals surface area contributed by atoms with Gasteiger partial charge in [-0.05, 0) is 81.0 Å². The normalized spacial score (nSPS) is 31.1. The third kappa shape index (κ3) is 3.12. The zero-order valence-corrected chi connectivity index (χ0v) is 16.8. The van der Waals surface area contributed by atoms with Crippen molar-refractivity contribution in [2.24, 2.45) is 11.3 Å². The number of aryl methyl sites for hydroxylation is 2. The second-order valence-electron chi connectivity index (χ2n) is 8.87. The lowest BCUT2D eigenvalue weighted by Crippen LogP contribution is -2.48. The van der Waals surface area contributed by atoms with E-state index in [0.29, 0.717) is 11.3 Å². The van der Waals surface area contributed by atoms with Crippen molar-refractivity contribution in [2.75, 3.05) is 4.90 Å². The molecule has 0 radical (unpaired) electrons. The molecule has 1 aliphatic carbocycles. The van der Waals surface area contributed by atoms with Gasteiger partial charge in [0.2, 0.25) is 5.91 Å². The van der Waals surface area contributed by atoms with Gasteiger partial charge in [0.05, 0.1) is 10.1 Å². The minimum Gasteiger partial charge on any atom is -0.296 e. The fourth-order valence-corrected chi connectivity index (χ4v) is 6.17. The van der Waals surface area contributed by atoms with E-state index in [9.17, 15) is 4.79 Å². The Kier molecular flexibility index (Phi) is 4.53. The average molecular weight is 346 g/mol. The third-order valence-corrected chi connectivity index (χ3v) is 7.41. The average Bonchev–Trinajstić information content (AvgIpc) is 2.68. The van der Waals surface area contributed by atoms with Crippen molar-refractivity contribution in [2.45, 2.75) is 77.3 Å². The predicted octanol–water partition coefficient (Wildman–Crippen LogP) is 5.70. The van der Waals surface area contributed by atoms with E-state index in [1.165, 1.54) is 24.0 Å². The van der Waals surface area contributed by atoms with E-state index in [2.05, 4.69) is 64.6 Å². The molecule has 1 heterocycles. The summed E-state index contributed by atoms with van der Waals surface area (Å²) in [6.45, 7) is 13.4. The van der Waals surface area contributed by atoms with Crippen LogP contribution in [0.1, 0.15) is 64.5 Å². The molecule has 1 atom stereocenters. The van der Waals surface area contributed by atoms with Crippen molar-refractivity contribution in [3.8, 4) is 0 Å². The standard InChI is InChI=1S/C21H31NOS/c1-14-11-15(2)13-18(12-14)22-19(23)16(3)24-21(22)9-7-17(8-10-21)20(4,5)6/h11-13,16-17H,7-10H2,1-6H3. The van der Waals surface area contributed by atoms with E-state index < -0.39 is 0 Å². The molecule has 1 spiro atoms. The van der Waals surface area contributed by atoms with Gasteiger partial charge in [0.1, 0.15) is 0 Å². The number of amides is 1. The molecule has 1 unspecified atom stereocenters. The number of hydrogen-bond donors (Lipinski definition) is 0. The van der Waals surface area contributed by atoms with Crippen LogP contribution < -0.4 is 4.90 Å². The molecule has 24 heavy (non-hydrogen) atoms. The maximum absolute atomic E-state index is 13.0. The second-order valence-corrected chi connectivity index (χ2v) is 10.6. The van der Waals surface area contributed by atoms with Gasteiger partial charge in [0.25, 0.3) is 0 Å². The van der Waals surface area contributed by atoms with Gasteiger partial charge in [-0.1, -0.05) is 26.8 Å². The highest BCUT2D eigenvalue weighted by Gasteiger charge is 2.52. The van der Waals surface area contributed by atoms with Crippen LogP contribution >= 0.6 is 11.8 Å². The Hall–Kier alpha value is -0.960. The molecule has 0 bridgehead atoms. The molecule has 2 nitrogen and oxygen atoms in total. The van der Waals surface area contributed by atoms with Crippen LogP contribution in [0.4, 0.5) is 5.69 Å². The van der Waals surface area contributed by atoms with E-state index in [0.717, 1.165) is 24.4 Å². The molecule has 3 heteroatoms. The van der Waals surface area contributed by atoms with Crippen LogP contribution in [0.25, 0.3) is 0 Å². The molecule has 1 aromatic rings. The molecule has 2 fully saturated rings. The summed E-state index contributed by atoms with van der Waals surface area (Å²) in [5.74, 6) is 1.05. The molecule has 1 aliphatic heterocycles. The van der Waals surface area contributed by atoms with E-state index in [1.54, 1.807) is 0 Å². The van der Waals surface area contributed by atoms with Gasteiger partial charge in [-0.2, -0.15) is 0 Å². The Morgan fingerprint density at radius 2 is 1.62 bits per heavy atom. The van der Waals surface area contributed by atoms with E-state index in [-0.39, 0.29) is 10.1 Å². The smallest absolute Gasteiger partial charge is 0.241 e. The van der Waals surface area contributed by atoms with Crippen LogP contribution in [0.3, 0.4) is 0 Å². The topological polar surface area (TPSA) is 20.3 Å². The Morgan fingerprint density at radius 3 is 2.12 bits per heavy atom. The fourth-order valence-electron chi connectivity index (χ4n) is 4.53. The molecule has 132 valence electrons. The van der Waals surface area contributed by atoms with Gasteiger partial charge < -0.3 is 0 Å². The van der Waals surface area contributed by atoms with Crippen molar-refractivity contribution in [3.05, 3.63) is 29.3 Å². The van der Waals surface area contributed by atoms with Gasteiger partial charge >= 0.3 is 0 Å². The maximum atomic E-state index is 13.0. The van der Waals surface area contributed by atoms with Crippen LogP contribution in [-0.2, 0) is 4.79 Å². The lowest BCUT2D eigenvalue weighted by molar-refractivity contribution is -0.118. The zero-order valence-electron chi connectivity index (χ0n) is 16.0. The van der Waals surface area contributed by atoms with Crippen LogP contribution in [-0.4, -0.2) is 16.0 Å². The fraction of sp³-hybridized carbons (Fsp3) is 0.667. The SMILES string of the molecule is Cc1cc(C)cc(N2C(=O)C(C)SC23CCC(C(C)(C)C)CC3)c1. The number of nitrogens with zero attached hydrogens (tertiary/aromatic N) is 1. The first-order chi connectivity index (χ1) is 11.1. The minimum absolute atomic E-state index is 0.0293. The van der Waals surface area contributed by atoms with Crippen molar-refractivity contribution < 1.29 is 4.79 Å². The summed E-state index contributed by atoms with van der Waals surface area (Å²) in [7, 11) is 0. The first-order valence-electron chi connectivity index (χ1n) is 9.23. The molecule has 0 aromatic heterocycles. The van der Waals surface area contributed by atoms with Crippen molar-refractivity contribution >= 4 is 23.4 Å². The first-order valence-corrected chi connectivity index (χ1v) is 10.1. The van der Waals surface area contributed by atoms with Crippen LogP contribution in [0.5, 0.6) is 0 Å². The molecule has 1 saturated heterocycles. The quantitative estimate of drug-likeness (QED) is 0.650. The first kappa shape index (κ1) is 17.8. The Balaban J connectivity index is 1.93. The summed E-state index contributed by atoms with van der Waals surface area (Å²) < 4.78 is 0. The summed E-state index contributed by atoms with van der Waals surface area (Å²) in [4.78, 5) is 15.1. The summed E-state index contributed by atoms with van der Waals surface area (Å²) in [6, 6.07) is 6.55. The second kappa shape index (κ2) is 6.09. The predicted molar refractivity (Wildman–Crippen MR) is 105 cm³/mol. The van der Waals surface area contributed by atoms with E-state index in [4.69, 9.17) is 0 Å². The van der Waals surface area contributed by atoms with E-state index in [1.807, 2.05) is 11.8 Å². The number of hydrogen-bond acceptors (Lipinski definition) is 2. The molecular formula is C21H31NOS. The van der Waals surface area contributed by atoms with Crippen molar-refractivity contribution in [1.82, 2.24) is 0 Å².